The molecule has 4 rings (SSSR count). The predicted molar refractivity (Wildman–Crippen MR) is 99.8 cm³/mol. The summed E-state index contributed by atoms with van der Waals surface area (Å²) < 4.78 is 26.9. The van der Waals surface area contributed by atoms with E-state index in [1.54, 1.807) is 16.8 Å². The maximum atomic E-state index is 13.4. The van der Waals surface area contributed by atoms with Gasteiger partial charge in [0.25, 0.3) is 11.8 Å². The average Bonchev–Trinajstić information content (AvgIpc) is 3.17. The Labute approximate surface area is 165 Å². The Bertz CT molecular complexity index is 856. The van der Waals surface area contributed by atoms with Crippen molar-refractivity contribution in [3.63, 3.8) is 0 Å². The molecule has 0 bridgehead atoms. The lowest BCUT2D eigenvalue weighted by Crippen LogP contribution is -2.45. The van der Waals surface area contributed by atoms with Crippen molar-refractivity contribution in [3.05, 3.63) is 16.0 Å². The molecule has 1 aromatic heterocycles. The number of carbonyl (C=O) groups is 3. The molecule has 0 radical (unpaired) electrons. The second kappa shape index (κ2) is 6.77. The number of carbonyl (C=O) groups excluding carboxylic acids is 3. The molecule has 7 nitrogen and oxygen atoms in total. The van der Waals surface area contributed by atoms with Crippen LogP contribution in [-0.2, 0) is 22.6 Å². The fourth-order valence-corrected chi connectivity index (χ4v) is 5.52. The Morgan fingerprint density at radius 1 is 1.32 bits per heavy atom. The Hall–Kier alpha value is -2.07. The lowest BCUT2D eigenvalue weighted by atomic mass is 10.0. The van der Waals surface area contributed by atoms with Crippen LogP contribution >= 0.6 is 11.3 Å². The van der Waals surface area contributed by atoms with E-state index in [-0.39, 0.29) is 30.8 Å². The number of rotatable bonds is 2. The predicted octanol–water partition coefficient (Wildman–Crippen LogP) is 1.07. The van der Waals surface area contributed by atoms with Gasteiger partial charge in [0, 0.05) is 31.4 Å². The van der Waals surface area contributed by atoms with Crippen LogP contribution in [0.5, 0.6) is 0 Å². The molecule has 3 aliphatic rings. The third-order valence-corrected chi connectivity index (χ3v) is 6.79. The van der Waals surface area contributed by atoms with Crippen LogP contribution in [0.1, 0.15) is 34.1 Å². The average molecular weight is 412 g/mol. The van der Waals surface area contributed by atoms with Crippen LogP contribution in [0.4, 0.5) is 13.8 Å². The molecule has 1 aromatic rings. The van der Waals surface area contributed by atoms with Crippen LogP contribution in [0.15, 0.2) is 0 Å². The summed E-state index contributed by atoms with van der Waals surface area (Å²) in [5.74, 6) is -3.52. The van der Waals surface area contributed by atoms with Gasteiger partial charge in [-0.15, -0.1) is 11.3 Å². The number of alkyl halides is 2. The second-order valence-corrected chi connectivity index (χ2v) is 8.57. The largest absolute Gasteiger partial charge is 0.336 e. The van der Waals surface area contributed by atoms with Crippen molar-refractivity contribution >= 4 is 34.1 Å². The normalized spacial score (nSPS) is 24.3. The van der Waals surface area contributed by atoms with E-state index in [9.17, 15) is 23.2 Å². The number of likely N-dealkylation sites (N-methyl/N-ethyl adjacent to an activating group) is 2. The summed E-state index contributed by atoms with van der Waals surface area (Å²) in [4.78, 5) is 43.5. The van der Waals surface area contributed by atoms with Crippen LogP contribution in [0.3, 0.4) is 0 Å². The molecule has 1 fully saturated rings. The molecule has 152 valence electrons. The quantitative estimate of drug-likeness (QED) is 0.789. The Morgan fingerprint density at radius 2 is 2.07 bits per heavy atom. The maximum absolute atomic E-state index is 13.4. The van der Waals surface area contributed by atoms with E-state index in [2.05, 4.69) is 5.32 Å². The van der Waals surface area contributed by atoms with Gasteiger partial charge in [-0.1, -0.05) is 0 Å². The Morgan fingerprint density at radius 3 is 2.71 bits per heavy atom. The number of hydrogen-bond acceptors (Lipinski definition) is 5. The van der Waals surface area contributed by atoms with Crippen LogP contribution in [0, 0.1) is 0 Å². The summed E-state index contributed by atoms with van der Waals surface area (Å²) in [6.07, 6.45) is -0.0150. The van der Waals surface area contributed by atoms with Gasteiger partial charge in [0.05, 0.1) is 24.7 Å². The minimum Gasteiger partial charge on any atom is -0.336 e. The molecule has 1 atom stereocenters. The van der Waals surface area contributed by atoms with E-state index in [1.807, 2.05) is 6.92 Å². The van der Waals surface area contributed by atoms with E-state index in [1.165, 1.54) is 16.2 Å². The molecular weight excluding hydrogens is 390 g/mol. The van der Waals surface area contributed by atoms with Gasteiger partial charge >= 0.3 is 0 Å². The highest BCUT2D eigenvalue weighted by Gasteiger charge is 2.44. The highest BCUT2D eigenvalue weighted by Crippen LogP contribution is 2.41. The van der Waals surface area contributed by atoms with Gasteiger partial charge in [-0.2, -0.15) is 0 Å². The fourth-order valence-electron chi connectivity index (χ4n) is 4.08. The smallest absolute Gasteiger partial charge is 0.262 e. The van der Waals surface area contributed by atoms with E-state index < -0.39 is 24.9 Å². The summed E-state index contributed by atoms with van der Waals surface area (Å²) in [6.45, 7) is 2.52. The molecule has 1 N–H and O–H groups in total. The minimum atomic E-state index is -2.86. The zero-order chi connectivity index (χ0) is 20.2. The first-order valence-electron chi connectivity index (χ1n) is 9.32. The first kappa shape index (κ1) is 19.3. The summed E-state index contributed by atoms with van der Waals surface area (Å²) >= 11 is 1.35. The van der Waals surface area contributed by atoms with Gasteiger partial charge in [-0.05, 0) is 18.9 Å². The van der Waals surface area contributed by atoms with Crippen molar-refractivity contribution in [3.8, 4) is 0 Å². The second-order valence-electron chi connectivity index (χ2n) is 7.49. The summed E-state index contributed by atoms with van der Waals surface area (Å²) in [5, 5.41) is 3.24. The molecule has 3 amide bonds. The number of amides is 3. The van der Waals surface area contributed by atoms with Crippen molar-refractivity contribution < 1.29 is 23.2 Å². The highest BCUT2D eigenvalue weighted by molar-refractivity contribution is 7.17. The molecule has 0 spiro atoms. The van der Waals surface area contributed by atoms with Crippen molar-refractivity contribution in [2.75, 3.05) is 38.1 Å². The van der Waals surface area contributed by atoms with E-state index >= 15 is 0 Å². The summed E-state index contributed by atoms with van der Waals surface area (Å²) in [6, 6.07) is -0.879. The molecule has 4 heterocycles. The number of nitrogens with one attached hydrogen (secondary N) is 1. The fraction of sp³-hybridized carbons (Fsp3) is 0.611. The van der Waals surface area contributed by atoms with Gasteiger partial charge in [0.2, 0.25) is 11.8 Å². The zero-order valence-electron chi connectivity index (χ0n) is 15.8. The van der Waals surface area contributed by atoms with Crippen LogP contribution < -0.4 is 10.2 Å². The first-order chi connectivity index (χ1) is 13.2. The molecule has 10 heteroatoms. The number of halogens is 2. The number of fused-ring (bicyclic) bond motifs is 3. The Kier molecular flexibility index (Phi) is 4.65. The number of anilines is 1. The molecule has 28 heavy (non-hydrogen) atoms. The zero-order valence-corrected chi connectivity index (χ0v) is 16.6. The van der Waals surface area contributed by atoms with Gasteiger partial charge in [-0.25, -0.2) is 8.78 Å². The lowest BCUT2D eigenvalue weighted by Gasteiger charge is -2.29. The lowest BCUT2D eigenvalue weighted by molar-refractivity contribution is -0.134. The molecular formula is C18H22F2N4O3S. The standard InChI is InChI=1S/C18H22F2N4O3S/c1-3-24-13(25)8-22(2)16(27)14-10-4-5-23(7-12(10)28-17(14)24)15(26)11-6-18(19,20)9-21-11/h11,21H,3-9H2,1-2H3/t11-/m0/s1. The van der Waals surface area contributed by atoms with Gasteiger partial charge in [0.15, 0.2) is 0 Å². The van der Waals surface area contributed by atoms with Gasteiger partial charge in [0.1, 0.15) is 11.5 Å². The summed E-state index contributed by atoms with van der Waals surface area (Å²) in [7, 11) is 1.61. The number of thiophene rings is 1. The van der Waals surface area contributed by atoms with Gasteiger partial charge < -0.3 is 14.7 Å². The van der Waals surface area contributed by atoms with E-state index in [0.29, 0.717) is 30.1 Å². The van der Waals surface area contributed by atoms with Crippen LogP contribution in [0.2, 0.25) is 0 Å². The topological polar surface area (TPSA) is 73.0 Å². The van der Waals surface area contributed by atoms with Crippen molar-refractivity contribution in [1.29, 1.82) is 0 Å². The van der Waals surface area contributed by atoms with Crippen molar-refractivity contribution in [1.82, 2.24) is 15.1 Å². The molecule has 3 aliphatic heterocycles. The Balaban J connectivity index is 1.63. The number of hydrogen-bond donors (Lipinski definition) is 1. The van der Waals surface area contributed by atoms with E-state index in [0.717, 1.165) is 10.4 Å². The first-order valence-corrected chi connectivity index (χ1v) is 10.1. The van der Waals surface area contributed by atoms with Gasteiger partial charge in [-0.3, -0.25) is 19.7 Å². The van der Waals surface area contributed by atoms with E-state index in [4.69, 9.17) is 0 Å². The third-order valence-electron chi connectivity index (χ3n) is 5.55. The molecule has 0 saturated carbocycles. The molecule has 0 aliphatic carbocycles. The van der Waals surface area contributed by atoms with Crippen molar-refractivity contribution in [2.45, 2.75) is 38.3 Å². The SMILES string of the molecule is CCN1C(=O)CN(C)C(=O)c2c1sc1c2CCN(C(=O)[C@@H]2CC(F)(F)CN2)C1. The monoisotopic (exact) mass is 412 g/mol. The maximum Gasteiger partial charge on any atom is 0.262 e. The number of nitrogens with zero attached hydrogens (tertiary/aromatic N) is 3. The highest BCUT2D eigenvalue weighted by atomic mass is 32.1. The third kappa shape index (κ3) is 3.08. The molecule has 0 aromatic carbocycles. The van der Waals surface area contributed by atoms with Crippen LogP contribution in [0.25, 0.3) is 0 Å². The summed E-state index contributed by atoms with van der Waals surface area (Å²) in [5.41, 5.74) is 1.42. The van der Waals surface area contributed by atoms with Crippen LogP contribution in [-0.4, -0.2) is 72.7 Å². The molecule has 1 saturated heterocycles. The molecule has 0 unspecified atom stereocenters. The van der Waals surface area contributed by atoms with Crippen molar-refractivity contribution in [2.24, 2.45) is 0 Å². The minimum absolute atomic E-state index is 0.0367.